The van der Waals surface area contributed by atoms with Crippen molar-refractivity contribution in [3.63, 3.8) is 0 Å². The predicted molar refractivity (Wildman–Crippen MR) is 224 cm³/mol. The second-order valence-corrected chi connectivity index (χ2v) is 26.0. The molecule has 0 aliphatic heterocycles. The van der Waals surface area contributed by atoms with Crippen molar-refractivity contribution in [1.82, 2.24) is 0 Å². The molecule has 0 rings (SSSR count). The molecule has 0 nitrogen and oxygen atoms in total. The molecule has 0 amide bonds. The van der Waals surface area contributed by atoms with Gasteiger partial charge in [0.1, 0.15) is 0 Å². The van der Waals surface area contributed by atoms with Crippen molar-refractivity contribution in [2.24, 2.45) is 0 Å². The zero-order valence-corrected chi connectivity index (χ0v) is 49.0. The summed E-state index contributed by atoms with van der Waals surface area (Å²) >= 11 is 26.1. The molecule has 33 heavy (non-hydrogen) atoms. The second kappa shape index (κ2) is 78.5. The first-order valence-corrected chi connectivity index (χ1v) is 37.9. The van der Waals surface area contributed by atoms with Gasteiger partial charge in [0.2, 0.25) is 0 Å². The van der Waals surface area contributed by atoms with E-state index in [9.17, 15) is 0 Å². The van der Waals surface area contributed by atoms with Crippen molar-refractivity contribution in [1.29, 1.82) is 0 Å². The van der Waals surface area contributed by atoms with Crippen molar-refractivity contribution in [3.8, 4) is 0 Å². The number of hydrogen-bond acceptors (Lipinski definition) is 0. The Morgan fingerprint density at radius 2 is 0.697 bits per heavy atom. The molecule has 0 heterocycles. The fraction of sp³-hybridized carbons (Fsp3) is 1.00. The molecule has 0 fully saturated rings. The van der Waals surface area contributed by atoms with E-state index in [1.165, 1.54) is 53.1 Å². The van der Waals surface area contributed by atoms with E-state index in [2.05, 4.69) is 231 Å². The third-order valence-electron chi connectivity index (χ3n) is 1.57. The Hall–Kier alpha value is 10.2. The maximum atomic E-state index is 2.49. The molecule has 0 aromatic heterocycles. The topological polar surface area (TPSA) is 0 Å². The van der Waals surface area contributed by atoms with Crippen LogP contribution in [0.3, 0.4) is 0 Å². The molecule has 0 saturated heterocycles. The molecule has 220 valence electrons. The van der Waals surface area contributed by atoms with Crippen LogP contribution in [0.15, 0.2) is 0 Å². The molecule has 0 bridgehead atoms. The summed E-state index contributed by atoms with van der Waals surface area (Å²) in [4.78, 5) is 4.29. The van der Waals surface area contributed by atoms with Crippen molar-refractivity contribution < 1.29 is 107 Å². The molecule has 0 spiro atoms. The molecule has 0 aromatic carbocycles. The average Bonchev–Trinajstić information content (AvgIpc) is 2.84. The van der Waals surface area contributed by atoms with E-state index in [1.54, 1.807) is 17.7 Å². The Labute approximate surface area is 388 Å². The van der Waals surface area contributed by atoms with Gasteiger partial charge >= 0.3 is 256 Å². The third kappa shape index (κ3) is 107. The van der Waals surface area contributed by atoms with Gasteiger partial charge < -0.3 is 0 Å². The van der Waals surface area contributed by atoms with E-state index in [-0.39, 0.29) is 7.43 Å². The van der Waals surface area contributed by atoms with Crippen LogP contribution in [-0.2, 0) is 0 Å². The van der Waals surface area contributed by atoms with Crippen LogP contribution in [0.4, 0.5) is 0 Å². The molecule has 0 aromatic rings. The fourth-order valence-corrected chi connectivity index (χ4v) is 19.0. The summed E-state index contributed by atoms with van der Waals surface area (Å²) in [7, 11) is 0. The van der Waals surface area contributed by atoms with Gasteiger partial charge in [0, 0.05) is 17.7 Å². The van der Waals surface area contributed by atoms with E-state index in [4.69, 9.17) is 0 Å². The van der Waals surface area contributed by atoms with Crippen LogP contribution < -0.4 is 107 Å². The summed E-state index contributed by atoms with van der Waals surface area (Å²) in [5, 5.41) is 0. The van der Waals surface area contributed by atoms with Gasteiger partial charge in [-0.2, -0.15) is 0 Å². The number of rotatable bonds is 15. The maximum absolute atomic E-state index is 2.49. The summed E-state index contributed by atoms with van der Waals surface area (Å²) in [5.74, 6) is 0. The van der Waals surface area contributed by atoms with Gasteiger partial charge in [-0.25, -0.2) is 0 Å². The quantitative estimate of drug-likeness (QED) is 0.0874. The summed E-state index contributed by atoms with van der Waals surface area (Å²) < 4.78 is 22.9. The summed E-state index contributed by atoms with van der Waals surface area (Å²) in [6.07, 6.45) is 0. The molecule has 0 radical (unpaired) electrons. The van der Waals surface area contributed by atoms with Crippen molar-refractivity contribution in [2.45, 2.75) is 7.43 Å². The van der Waals surface area contributed by atoms with E-state index in [0.717, 1.165) is 0 Å². The van der Waals surface area contributed by atoms with Crippen LogP contribution in [0, 0.1) is 0 Å². The standard InChI is InChI=1S/C6H12I4.C4H8I3.C3H8I2.2C2H4I2.CH3I.CH4/c7-1-3-9-5-6-10-4-2-8;5-1-3-7-4-2-6;1-5-3-2-4;2*3-1-2-4;1-2;/h1-6H2;1-4H2;4H,2-3H2,1H3;2*1-2H2;1H3;1H4/q-2;-1;;;;;. The van der Waals surface area contributed by atoms with Crippen molar-refractivity contribution in [2.75, 3.05) is 80.7 Å². The average molecular weight is 2050 g/mol. The van der Waals surface area contributed by atoms with Crippen LogP contribution in [0.25, 0.3) is 0 Å². The first-order chi connectivity index (χ1) is 15.6. The molecule has 0 atom stereocenters. The Kier molecular flexibility index (Phi) is 140. The Balaban J connectivity index is -0.0000000522. The minimum atomic E-state index is 0. The Morgan fingerprint density at radius 1 is 0.455 bits per heavy atom. The van der Waals surface area contributed by atoms with Crippen LogP contribution in [0.5, 0.6) is 0 Å². The van der Waals surface area contributed by atoms with E-state index < -0.39 is 0 Å². The van der Waals surface area contributed by atoms with Crippen LogP contribution >= 0.6 is 203 Å². The van der Waals surface area contributed by atoms with Crippen molar-refractivity contribution in [3.05, 3.63) is 0 Å². The molecule has 0 saturated carbocycles. The molecule has 0 N–H and O–H groups in total. The third-order valence-corrected chi connectivity index (χ3v) is 32.6. The van der Waals surface area contributed by atoms with Crippen LogP contribution in [-0.4, -0.2) is 80.7 Å². The molecular formula is C19H43I14-3. The Morgan fingerprint density at radius 3 is 0.818 bits per heavy atom. The number of halogens is 14. The molecule has 0 aliphatic carbocycles. The van der Waals surface area contributed by atoms with Gasteiger partial charge in [0.15, 0.2) is 0 Å². The zero-order chi connectivity index (χ0) is 26.1. The monoisotopic (exact) mass is 2050 g/mol. The summed E-state index contributed by atoms with van der Waals surface area (Å²) in [6.45, 7) is 0. The van der Waals surface area contributed by atoms with E-state index in [1.807, 2.05) is 4.93 Å². The molecule has 0 unspecified atom stereocenters. The predicted octanol–water partition coefficient (Wildman–Crippen LogP) is -5.63. The van der Waals surface area contributed by atoms with Gasteiger partial charge in [-0.15, -0.1) is 0 Å². The van der Waals surface area contributed by atoms with Gasteiger partial charge in [0.05, 0.1) is 0 Å². The van der Waals surface area contributed by atoms with Crippen LogP contribution in [0.2, 0.25) is 0 Å². The number of hydrogen-bond donors (Lipinski definition) is 0. The van der Waals surface area contributed by atoms with E-state index >= 15 is 0 Å². The van der Waals surface area contributed by atoms with Gasteiger partial charge in [-0.3, -0.25) is 0 Å². The molecule has 0 aliphatic rings. The van der Waals surface area contributed by atoms with E-state index in [0.29, 0.717) is 84.8 Å². The van der Waals surface area contributed by atoms with Gasteiger partial charge in [0.25, 0.3) is 0 Å². The minimum absolute atomic E-state index is 0. The zero-order valence-electron chi connectivity index (χ0n) is 18.6. The number of alkyl halides is 18. The Bertz CT molecular complexity index is 183. The first-order valence-electron chi connectivity index (χ1n) is 9.05. The fourth-order valence-electron chi connectivity index (χ4n) is 0.664. The summed E-state index contributed by atoms with van der Waals surface area (Å²) in [5.41, 5.74) is 0. The van der Waals surface area contributed by atoms with Gasteiger partial charge in [-0.1, -0.05) is 120 Å². The van der Waals surface area contributed by atoms with Gasteiger partial charge in [-0.05, 0) is 4.93 Å². The molecule has 14 heteroatoms. The SMILES string of the molecule is C.CI.C[I-]CC[IH+].ICCI.ICCI.ICC[I-]CCI.ICC[I-]CC[I-]CCI. The summed E-state index contributed by atoms with van der Waals surface area (Å²) in [6, 6.07) is 0. The first kappa shape index (κ1) is 58.7. The normalized spacial score (nSPS) is 8.85. The van der Waals surface area contributed by atoms with Crippen molar-refractivity contribution >= 4 is 203 Å². The van der Waals surface area contributed by atoms with Crippen LogP contribution in [0.1, 0.15) is 7.43 Å². The molecular weight excluding hydrogens is 2000 g/mol. The second-order valence-electron chi connectivity index (χ2n) is 3.87.